The largest absolute Gasteiger partial charge is 0.348 e. The summed E-state index contributed by atoms with van der Waals surface area (Å²) in [6.07, 6.45) is 1.53. The smallest absolute Gasteiger partial charge is 0.255 e. The van der Waals surface area contributed by atoms with Crippen molar-refractivity contribution in [2.75, 3.05) is 0 Å². The number of rotatable bonds is 6. The second-order valence-corrected chi connectivity index (χ2v) is 7.51. The molecule has 0 spiro atoms. The van der Waals surface area contributed by atoms with Crippen LogP contribution < -0.4 is 5.32 Å². The van der Waals surface area contributed by atoms with Crippen LogP contribution in [0.2, 0.25) is 0 Å². The molecule has 4 aromatic rings. The van der Waals surface area contributed by atoms with Gasteiger partial charge in [-0.1, -0.05) is 30.3 Å². The third-order valence-electron chi connectivity index (χ3n) is 5.46. The average molecular weight is 417 g/mol. The van der Waals surface area contributed by atoms with Crippen molar-refractivity contribution in [1.29, 1.82) is 0 Å². The summed E-state index contributed by atoms with van der Waals surface area (Å²) in [5.41, 5.74) is 5.98. The fraction of sp³-hybridized carbons (Fsp3) is 0.208. The Labute approximate surface area is 180 Å². The third kappa shape index (κ3) is 4.26. The predicted molar refractivity (Wildman–Crippen MR) is 117 cm³/mol. The Morgan fingerprint density at radius 2 is 1.71 bits per heavy atom. The summed E-state index contributed by atoms with van der Waals surface area (Å²) in [4.78, 5) is 12.8. The van der Waals surface area contributed by atoms with Gasteiger partial charge in [0.1, 0.15) is 5.82 Å². The first-order valence-electron chi connectivity index (χ1n) is 10.1. The van der Waals surface area contributed by atoms with E-state index in [-0.39, 0.29) is 11.7 Å². The van der Waals surface area contributed by atoms with Gasteiger partial charge in [-0.3, -0.25) is 9.48 Å². The highest BCUT2D eigenvalue weighted by atomic mass is 19.1. The van der Waals surface area contributed by atoms with E-state index in [4.69, 9.17) is 0 Å². The maximum atomic E-state index is 13.2. The van der Waals surface area contributed by atoms with Crippen LogP contribution in [-0.4, -0.2) is 25.5 Å². The van der Waals surface area contributed by atoms with Crippen molar-refractivity contribution < 1.29 is 9.18 Å². The maximum absolute atomic E-state index is 13.2. The quantitative estimate of drug-likeness (QED) is 0.513. The van der Waals surface area contributed by atoms with Gasteiger partial charge in [-0.25, -0.2) is 9.07 Å². The number of nitrogens with zero attached hydrogens (tertiary/aromatic N) is 4. The fourth-order valence-corrected chi connectivity index (χ4v) is 3.64. The molecule has 1 amide bonds. The monoisotopic (exact) mass is 417 g/mol. The Balaban J connectivity index is 1.48. The minimum atomic E-state index is -0.315. The molecule has 0 bridgehead atoms. The number of halogens is 1. The van der Waals surface area contributed by atoms with Crippen LogP contribution in [0.4, 0.5) is 4.39 Å². The first-order valence-corrected chi connectivity index (χ1v) is 10.1. The molecule has 0 saturated heterocycles. The molecule has 0 unspecified atom stereocenters. The second-order valence-electron chi connectivity index (χ2n) is 7.51. The lowest BCUT2D eigenvalue weighted by Gasteiger charge is -2.08. The zero-order valence-electron chi connectivity index (χ0n) is 17.8. The third-order valence-corrected chi connectivity index (χ3v) is 5.46. The zero-order valence-corrected chi connectivity index (χ0v) is 17.8. The van der Waals surface area contributed by atoms with Gasteiger partial charge in [-0.2, -0.15) is 10.2 Å². The fourth-order valence-electron chi connectivity index (χ4n) is 3.64. The molecule has 0 aliphatic heterocycles. The molecule has 158 valence electrons. The summed E-state index contributed by atoms with van der Waals surface area (Å²) in [5, 5.41) is 11.9. The van der Waals surface area contributed by atoms with Gasteiger partial charge in [0, 0.05) is 17.8 Å². The van der Waals surface area contributed by atoms with Crippen LogP contribution in [-0.2, 0) is 13.1 Å². The highest BCUT2D eigenvalue weighted by molar-refractivity contribution is 5.95. The molecule has 0 atom stereocenters. The minimum absolute atomic E-state index is 0.208. The normalized spacial score (nSPS) is 11.0. The molecule has 0 aliphatic carbocycles. The summed E-state index contributed by atoms with van der Waals surface area (Å²) in [7, 11) is 0. The first-order chi connectivity index (χ1) is 14.9. The van der Waals surface area contributed by atoms with E-state index in [0.29, 0.717) is 30.0 Å². The van der Waals surface area contributed by atoms with Gasteiger partial charge in [0.15, 0.2) is 0 Å². The van der Waals surface area contributed by atoms with Crippen molar-refractivity contribution in [1.82, 2.24) is 24.9 Å². The lowest BCUT2D eigenvalue weighted by Crippen LogP contribution is -2.24. The van der Waals surface area contributed by atoms with Crippen molar-refractivity contribution in [2.24, 2.45) is 0 Å². The Kier molecular flexibility index (Phi) is 5.66. The summed E-state index contributed by atoms with van der Waals surface area (Å²) in [6.45, 7) is 6.85. The number of hydrogen-bond donors (Lipinski definition) is 1. The molecule has 4 rings (SSSR count). The highest BCUT2D eigenvalue weighted by Crippen LogP contribution is 2.17. The van der Waals surface area contributed by atoms with Crippen molar-refractivity contribution in [3.63, 3.8) is 0 Å². The van der Waals surface area contributed by atoms with Crippen molar-refractivity contribution in [3.8, 4) is 5.69 Å². The average Bonchev–Trinajstić information content (AvgIpc) is 3.27. The Morgan fingerprint density at radius 3 is 2.42 bits per heavy atom. The van der Waals surface area contributed by atoms with Gasteiger partial charge in [0.2, 0.25) is 0 Å². The molecule has 0 saturated carbocycles. The molecule has 1 N–H and O–H groups in total. The van der Waals surface area contributed by atoms with Crippen LogP contribution in [0.15, 0.2) is 60.8 Å². The number of amides is 1. The number of hydrogen-bond acceptors (Lipinski definition) is 3. The SMILES string of the molecule is Cc1nn(Cc2ccccc2)c(C)c1CNC(=O)c1cnn(-c2ccc(F)cc2)c1C. The summed E-state index contributed by atoms with van der Waals surface area (Å²) >= 11 is 0. The molecule has 0 fully saturated rings. The molecule has 6 nitrogen and oxygen atoms in total. The maximum Gasteiger partial charge on any atom is 0.255 e. The van der Waals surface area contributed by atoms with E-state index in [2.05, 4.69) is 27.6 Å². The lowest BCUT2D eigenvalue weighted by molar-refractivity contribution is 0.0950. The molecule has 7 heteroatoms. The summed E-state index contributed by atoms with van der Waals surface area (Å²) in [5.74, 6) is -0.523. The van der Waals surface area contributed by atoms with Crippen molar-refractivity contribution in [3.05, 3.63) is 100 Å². The van der Waals surface area contributed by atoms with E-state index < -0.39 is 0 Å². The Hall–Kier alpha value is -3.74. The highest BCUT2D eigenvalue weighted by Gasteiger charge is 2.17. The van der Waals surface area contributed by atoms with Crippen molar-refractivity contribution >= 4 is 5.91 Å². The second kappa shape index (κ2) is 8.55. The number of benzene rings is 2. The molecule has 0 aliphatic rings. The molecule has 2 aromatic carbocycles. The van der Waals surface area contributed by atoms with E-state index in [1.807, 2.05) is 43.7 Å². The zero-order chi connectivity index (χ0) is 22.0. The standard InChI is InChI=1S/C24H24FN5O/c1-16-22(17(2)29(28-16)15-19-7-5-4-6-8-19)13-26-24(31)23-14-27-30(18(23)3)21-11-9-20(25)10-12-21/h4-12,14H,13,15H2,1-3H3,(H,26,31). The van der Waals surface area contributed by atoms with Crippen LogP contribution in [0.1, 0.15) is 38.6 Å². The van der Waals surface area contributed by atoms with E-state index in [9.17, 15) is 9.18 Å². The van der Waals surface area contributed by atoms with Gasteiger partial charge >= 0.3 is 0 Å². The van der Waals surface area contributed by atoms with E-state index in [1.165, 1.54) is 23.9 Å². The van der Waals surface area contributed by atoms with Gasteiger partial charge in [-0.05, 0) is 50.6 Å². The number of aromatic nitrogens is 4. The summed E-state index contributed by atoms with van der Waals surface area (Å²) < 4.78 is 16.8. The van der Waals surface area contributed by atoms with Gasteiger partial charge in [0.05, 0.1) is 35.4 Å². The summed E-state index contributed by atoms with van der Waals surface area (Å²) in [6, 6.07) is 16.2. The topological polar surface area (TPSA) is 64.7 Å². The Morgan fingerprint density at radius 1 is 1.00 bits per heavy atom. The minimum Gasteiger partial charge on any atom is -0.348 e. The first kappa shape index (κ1) is 20.5. The van der Waals surface area contributed by atoms with Crippen molar-refractivity contribution in [2.45, 2.75) is 33.9 Å². The van der Waals surface area contributed by atoms with Crippen LogP contribution in [0.5, 0.6) is 0 Å². The number of carbonyl (C=O) groups is 1. The van der Waals surface area contributed by atoms with E-state index in [1.54, 1.807) is 16.8 Å². The van der Waals surface area contributed by atoms with Crippen LogP contribution in [0.25, 0.3) is 5.69 Å². The number of nitrogens with one attached hydrogen (secondary N) is 1. The number of aryl methyl sites for hydroxylation is 1. The van der Waals surface area contributed by atoms with Crippen LogP contribution in [0.3, 0.4) is 0 Å². The molecule has 0 radical (unpaired) electrons. The predicted octanol–water partition coefficient (Wildman–Crippen LogP) is 4.11. The van der Waals surface area contributed by atoms with E-state index >= 15 is 0 Å². The lowest BCUT2D eigenvalue weighted by atomic mass is 10.1. The molecule has 2 aromatic heterocycles. The molecule has 2 heterocycles. The molecule has 31 heavy (non-hydrogen) atoms. The van der Waals surface area contributed by atoms with Gasteiger partial charge in [-0.15, -0.1) is 0 Å². The van der Waals surface area contributed by atoms with Crippen LogP contribution >= 0.6 is 0 Å². The van der Waals surface area contributed by atoms with Crippen LogP contribution in [0, 0.1) is 26.6 Å². The number of carbonyl (C=O) groups excluding carboxylic acids is 1. The Bertz CT molecular complexity index is 1210. The molecular formula is C24H24FN5O. The van der Waals surface area contributed by atoms with Gasteiger partial charge < -0.3 is 5.32 Å². The van der Waals surface area contributed by atoms with Gasteiger partial charge in [0.25, 0.3) is 5.91 Å². The van der Waals surface area contributed by atoms with E-state index in [0.717, 1.165) is 17.0 Å². The molecular weight excluding hydrogens is 393 g/mol.